The minimum Gasteiger partial charge on any atom is -0.503 e. The zero-order valence-corrected chi connectivity index (χ0v) is 29.6. The summed E-state index contributed by atoms with van der Waals surface area (Å²) in [6.07, 6.45) is 7.39. The van der Waals surface area contributed by atoms with Crippen molar-refractivity contribution in [2.24, 2.45) is 17.8 Å². The van der Waals surface area contributed by atoms with Gasteiger partial charge in [-0.15, -0.1) is 0 Å². The molecule has 3 aliphatic carbocycles. The molecule has 1 aliphatic heterocycles. The summed E-state index contributed by atoms with van der Waals surface area (Å²) in [6, 6.07) is 15.8. The highest BCUT2D eigenvalue weighted by atomic mass is 79.9. The largest absolute Gasteiger partial charge is 0.503 e. The fraction of sp³-hybridized carbons (Fsp3) is 0.231. The van der Waals surface area contributed by atoms with Gasteiger partial charge in [-0.05, 0) is 88.3 Å². The predicted molar refractivity (Wildman–Crippen MR) is 192 cm³/mol. The van der Waals surface area contributed by atoms with Crippen molar-refractivity contribution in [2.75, 3.05) is 26.2 Å². The summed E-state index contributed by atoms with van der Waals surface area (Å²) in [6.45, 7) is 0. The van der Waals surface area contributed by atoms with Crippen LogP contribution in [0.1, 0.15) is 35.4 Å². The van der Waals surface area contributed by atoms with Gasteiger partial charge in [-0.1, -0.05) is 47.5 Å². The van der Waals surface area contributed by atoms with E-state index in [0.717, 1.165) is 16.7 Å². The summed E-state index contributed by atoms with van der Waals surface area (Å²) in [5.74, 6) is -2.76. The molecule has 0 radical (unpaired) electrons. The highest BCUT2D eigenvalue weighted by Gasteiger charge is 2.56. The zero-order chi connectivity index (χ0) is 35.4. The molecule has 0 saturated carbocycles. The molecule has 3 aromatic rings. The Labute approximate surface area is 301 Å². The number of benzene rings is 3. The maximum absolute atomic E-state index is 14.3. The second-order valence-electron chi connectivity index (χ2n) is 12.5. The van der Waals surface area contributed by atoms with Crippen LogP contribution in [0.3, 0.4) is 0 Å². The smallest absolute Gasteiger partial charge is 0.238 e. The topological polar surface area (TPSA) is 119 Å². The quantitative estimate of drug-likeness (QED) is 0.116. The first-order valence-corrected chi connectivity index (χ1v) is 17.1. The number of carbonyl (C=O) groups excluding carboxylic acids is 4. The van der Waals surface area contributed by atoms with Gasteiger partial charge in [0.1, 0.15) is 11.5 Å². The lowest BCUT2D eigenvalue weighted by molar-refractivity contribution is -0.123. The fourth-order valence-electron chi connectivity index (χ4n) is 7.65. The first-order chi connectivity index (χ1) is 24.1. The summed E-state index contributed by atoms with van der Waals surface area (Å²) in [4.78, 5) is 56.6. The second kappa shape index (κ2) is 13.1. The third-order valence-corrected chi connectivity index (χ3v) is 10.9. The lowest BCUT2D eigenvalue weighted by Crippen LogP contribution is -2.39. The van der Waals surface area contributed by atoms with Crippen LogP contribution in [0.15, 0.2) is 88.0 Å². The number of Topliss-reactive ketones (excluding diaryl/α,β-unsaturated/α-hetero) is 1. The Morgan fingerprint density at radius 2 is 1.62 bits per heavy atom. The molecule has 1 saturated heterocycles. The van der Waals surface area contributed by atoms with Gasteiger partial charge >= 0.3 is 0 Å². The van der Waals surface area contributed by atoms with E-state index >= 15 is 0 Å². The van der Waals surface area contributed by atoms with E-state index in [-0.39, 0.29) is 57.2 Å². The summed E-state index contributed by atoms with van der Waals surface area (Å²) >= 11 is 9.65. The maximum atomic E-state index is 14.3. The van der Waals surface area contributed by atoms with Crippen LogP contribution in [0, 0.1) is 17.8 Å². The normalized spacial score (nSPS) is 23.0. The molecule has 11 heteroatoms. The van der Waals surface area contributed by atoms with Crippen LogP contribution in [-0.2, 0) is 19.2 Å². The van der Waals surface area contributed by atoms with Crippen LogP contribution in [0.25, 0.3) is 12.2 Å². The highest BCUT2D eigenvalue weighted by molar-refractivity contribution is 9.12. The van der Waals surface area contributed by atoms with E-state index in [1.807, 2.05) is 48.6 Å². The number of ketones is 2. The van der Waals surface area contributed by atoms with Crippen LogP contribution < -0.4 is 19.1 Å². The monoisotopic (exact) mass is 755 g/mol. The molecule has 50 heavy (non-hydrogen) atoms. The average molecular weight is 757 g/mol. The number of anilines is 1. The van der Waals surface area contributed by atoms with Gasteiger partial charge < -0.3 is 19.3 Å². The second-order valence-corrected chi connectivity index (χ2v) is 13.8. The number of hydrogen-bond donors (Lipinski definition) is 1. The van der Waals surface area contributed by atoms with Gasteiger partial charge in [0.2, 0.25) is 11.8 Å². The molecular weight excluding hydrogens is 726 g/mol. The number of imide groups is 1. The molecule has 1 fully saturated rings. The molecule has 0 spiro atoms. The van der Waals surface area contributed by atoms with Crippen molar-refractivity contribution in [3.63, 3.8) is 0 Å². The third kappa shape index (κ3) is 5.47. The van der Waals surface area contributed by atoms with Gasteiger partial charge in [-0.25, -0.2) is 0 Å². The number of phenolic OH excluding ortho intramolecular Hbond substituents is 1. The molecule has 7 rings (SSSR count). The van der Waals surface area contributed by atoms with E-state index in [1.165, 1.54) is 18.1 Å². The standard InChI is InChI=1S/C39H31BrClNO8/c1-48-23-10-13-31(49-2)20(14-23)7-4-19-5-8-22(9-6-19)42-38(46)25-12-11-24-26(34(25)39(42)47)17-27-35(30(43)18-28(40)36(27)44)33(24)21-15-29(41)37(45)32(16-21)50-3/h4-11,13-16,18,25-26,33-34,45H,12,17H2,1-3H3. The van der Waals surface area contributed by atoms with Gasteiger partial charge in [-0.2, -0.15) is 0 Å². The fourth-order valence-corrected chi connectivity index (χ4v) is 8.31. The summed E-state index contributed by atoms with van der Waals surface area (Å²) in [5.41, 5.74) is 4.00. The Morgan fingerprint density at radius 1 is 0.880 bits per heavy atom. The number of nitrogens with zero attached hydrogens (tertiary/aromatic N) is 1. The number of aromatic hydroxyl groups is 1. The van der Waals surface area contributed by atoms with E-state index in [4.69, 9.17) is 25.8 Å². The van der Waals surface area contributed by atoms with Gasteiger partial charge in [0.15, 0.2) is 23.1 Å². The summed E-state index contributed by atoms with van der Waals surface area (Å²) in [7, 11) is 4.58. The van der Waals surface area contributed by atoms with E-state index in [0.29, 0.717) is 33.9 Å². The predicted octanol–water partition coefficient (Wildman–Crippen LogP) is 7.21. The van der Waals surface area contributed by atoms with Crippen molar-refractivity contribution in [1.82, 2.24) is 0 Å². The Hall–Kier alpha value is -4.93. The third-order valence-electron chi connectivity index (χ3n) is 9.98. The van der Waals surface area contributed by atoms with Crippen molar-refractivity contribution in [1.29, 1.82) is 0 Å². The molecule has 1 N–H and O–H groups in total. The zero-order valence-electron chi connectivity index (χ0n) is 27.2. The van der Waals surface area contributed by atoms with Crippen LogP contribution >= 0.6 is 27.5 Å². The van der Waals surface area contributed by atoms with Crippen LogP contribution in [0.2, 0.25) is 5.02 Å². The van der Waals surface area contributed by atoms with Gasteiger partial charge in [0.25, 0.3) is 0 Å². The Morgan fingerprint density at radius 3 is 2.32 bits per heavy atom. The summed E-state index contributed by atoms with van der Waals surface area (Å²) in [5, 5.41) is 10.5. The number of allylic oxidation sites excluding steroid dienone is 6. The molecule has 1 heterocycles. The van der Waals surface area contributed by atoms with Crippen LogP contribution in [0.4, 0.5) is 5.69 Å². The van der Waals surface area contributed by atoms with Crippen molar-refractivity contribution < 1.29 is 38.5 Å². The minimum atomic E-state index is -0.749. The number of halogens is 2. The molecule has 0 bridgehead atoms. The first-order valence-electron chi connectivity index (χ1n) is 15.9. The molecule has 2 amide bonds. The number of methoxy groups -OCH3 is 3. The molecule has 4 atom stereocenters. The minimum absolute atomic E-state index is 0.0171. The Balaban J connectivity index is 1.22. The molecule has 9 nitrogen and oxygen atoms in total. The average Bonchev–Trinajstić information content (AvgIpc) is 3.38. The van der Waals surface area contributed by atoms with Gasteiger partial charge in [-0.3, -0.25) is 24.1 Å². The Kier molecular flexibility index (Phi) is 8.78. The number of rotatable bonds is 7. The number of carbonyl (C=O) groups is 4. The number of amides is 2. The SMILES string of the molecule is COc1ccc(OC)c(C=Cc2ccc(N3C(=O)C4CC=C5C(c6cc(Cl)c(O)c(OC)c6)C6=C(CC5C4C3=O)C(=O)C(Br)=CC6=O)cc2)c1. The molecule has 4 unspecified atom stereocenters. The van der Waals surface area contributed by atoms with Gasteiger partial charge in [0.05, 0.1) is 48.4 Å². The number of hydrogen-bond acceptors (Lipinski definition) is 8. The van der Waals surface area contributed by atoms with E-state index in [2.05, 4.69) is 15.9 Å². The van der Waals surface area contributed by atoms with Crippen molar-refractivity contribution in [3.05, 3.63) is 110 Å². The number of phenols is 1. The van der Waals surface area contributed by atoms with Crippen LogP contribution in [0.5, 0.6) is 23.0 Å². The Bertz CT molecular complexity index is 2110. The molecule has 0 aromatic heterocycles. The highest BCUT2D eigenvalue weighted by Crippen LogP contribution is 2.56. The lowest BCUT2D eigenvalue weighted by Gasteiger charge is -2.42. The van der Waals surface area contributed by atoms with Gasteiger partial charge in [0, 0.05) is 28.7 Å². The lowest BCUT2D eigenvalue weighted by atomic mass is 9.59. The molecule has 254 valence electrons. The van der Waals surface area contributed by atoms with Crippen molar-refractivity contribution in [3.8, 4) is 23.0 Å². The van der Waals surface area contributed by atoms with Crippen molar-refractivity contribution in [2.45, 2.75) is 18.8 Å². The molecule has 4 aliphatic rings. The number of fused-ring (bicyclic) bond motifs is 3. The maximum Gasteiger partial charge on any atom is 0.238 e. The van der Waals surface area contributed by atoms with E-state index in [9.17, 15) is 24.3 Å². The van der Waals surface area contributed by atoms with E-state index < -0.39 is 23.7 Å². The van der Waals surface area contributed by atoms with Crippen LogP contribution in [-0.4, -0.2) is 49.8 Å². The van der Waals surface area contributed by atoms with E-state index in [1.54, 1.807) is 38.5 Å². The molecule has 3 aromatic carbocycles. The molecular formula is C39H31BrClNO8. The number of ether oxygens (including phenoxy) is 3. The summed E-state index contributed by atoms with van der Waals surface area (Å²) < 4.78 is 16.3. The first kappa shape index (κ1) is 33.6. The van der Waals surface area contributed by atoms with Crippen molar-refractivity contribution >= 4 is 68.8 Å².